The molecule has 0 unspecified atom stereocenters. The number of methoxy groups -OCH3 is 1. The molecule has 1 saturated heterocycles. The minimum atomic E-state index is -0.219. The summed E-state index contributed by atoms with van der Waals surface area (Å²) < 4.78 is 31.1. The number of hydrogen-bond acceptors (Lipinski definition) is 4. The lowest BCUT2D eigenvalue weighted by Crippen LogP contribution is -2.41. The lowest BCUT2D eigenvalue weighted by Gasteiger charge is -2.39. The summed E-state index contributed by atoms with van der Waals surface area (Å²) in [5.41, 5.74) is 4.56. The molecule has 2 bridgehead atoms. The lowest BCUT2D eigenvalue weighted by molar-refractivity contribution is -0.140. The summed E-state index contributed by atoms with van der Waals surface area (Å²) in [4.78, 5) is 11.4. The summed E-state index contributed by atoms with van der Waals surface area (Å²) in [5, 5.41) is 0. The van der Waals surface area contributed by atoms with E-state index in [9.17, 15) is 9.18 Å². The number of carbonyl (C=O) groups excluding carboxylic acids is 1. The molecule has 0 amide bonds. The van der Waals surface area contributed by atoms with Gasteiger partial charge < -0.3 is 14.2 Å². The molecule has 2 aliphatic rings. The van der Waals surface area contributed by atoms with Gasteiger partial charge >= 0.3 is 5.97 Å². The molecule has 5 rings (SSSR count). The monoisotopic (exact) mass is 528 g/mol. The van der Waals surface area contributed by atoms with Gasteiger partial charge in [0.25, 0.3) is 0 Å². The molecule has 1 heterocycles. The minimum Gasteiger partial charge on any atom is -0.469 e. The van der Waals surface area contributed by atoms with Gasteiger partial charge in [0.2, 0.25) is 0 Å². The topological polar surface area (TPSA) is 44.8 Å². The molecule has 0 radical (unpaired) electrons. The Balaban J connectivity index is 1.24. The second kappa shape index (κ2) is 12.7. The van der Waals surface area contributed by atoms with E-state index in [4.69, 9.17) is 14.2 Å². The van der Waals surface area contributed by atoms with Crippen LogP contribution >= 0.6 is 0 Å². The van der Waals surface area contributed by atoms with Gasteiger partial charge in [0, 0.05) is 17.8 Å². The van der Waals surface area contributed by atoms with Crippen LogP contribution in [0, 0.1) is 17.7 Å². The first-order valence-electron chi connectivity index (χ1n) is 13.9. The number of unbranched alkanes of at least 4 members (excludes halogenated alkanes) is 1. The van der Waals surface area contributed by atoms with Crippen LogP contribution in [0.15, 0.2) is 91.0 Å². The van der Waals surface area contributed by atoms with Crippen LogP contribution in [-0.4, -0.2) is 32.4 Å². The van der Waals surface area contributed by atoms with Crippen molar-refractivity contribution < 1.29 is 23.4 Å². The van der Waals surface area contributed by atoms with Crippen LogP contribution in [-0.2, 0) is 31.0 Å². The zero-order chi connectivity index (χ0) is 27.1. The van der Waals surface area contributed by atoms with Crippen molar-refractivity contribution in [2.45, 2.75) is 50.2 Å². The molecule has 3 aromatic rings. The van der Waals surface area contributed by atoms with E-state index < -0.39 is 0 Å². The summed E-state index contributed by atoms with van der Waals surface area (Å²) in [6.45, 7) is 1.83. The average molecular weight is 529 g/mol. The molecule has 0 N–H and O–H groups in total. The standard InChI is InChI=1S/C34H37FO4/c1-37-33(36)12-8-3-2-7-11-31-30(32-21-34(31,24-39-32)28-17-19-29(35)20-18-28)23-38-22-25-13-15-27(16-14-25)26-9-5-4-6-10-26/h2,4-7,9-10,13-20,30-32H,3,8,11-12,21-24H2,1H3/t30-,31-,32-,34-/m0/s1. The zero-order valence-corrected chi connectivity index (χ0v) is 22.6. The van der Waals surface area contributed by atoms with Gasteiger partial charge in [-0.1, -0.05) is 78.9 Å². The van der Waals surface area contributed by atoms with Gasteiger partial charge in [-0.05, 0) is 66.0 Å². The number of carbonyl (C=O) groups is 1. The van der Waals surface area contributed by atoms with Crippen LogP contribution < -0.4 is 0 Å². The van der Waals surface area contributed by atoms with E-state index in [1.54, 1.807) is 12.1 Å². The predicted octanol–water partition coefficient (Wildman–Crippen LogP) is 7.27. The smallest absolute Gasteiger partial charge is 0.305 e. The summed E-state index contributed by atoms with van der Waals surface area (Å²) in [7, 11) is 1.42. The predicted molar refractivity (Wildman–Crippen MR) is 151 cm³/mol. The Labute approximate surface area is 230 Å². The molecule has 204 valence electrons. The van der Waals surface area contributed by atoms with E-state index in [1.807, 2.05) is 18.2 Å². The second-order valence-corrected chi connectivity index (χ2v) is 10.7. The van der Waals surface area contributed by atoms with Gasteiger partial charge in [-0.25, -0.2) is 4.39 Å². The molecule has 0 aromatic heterocycles. The van der Waals surface area contributed by atoms with Crippen molar-refractivity contribution >= 4 is 5.97 Å². The summed E-state index contributed by atoms with van der Waals surface area (Å²) in [6, 6.07) is 25.9. The third kappa shape index (κ3) is 6.32. The number of rotatable bonds is 12. The first-order valence-corrected chi connectivity index (χ1v) is 13.9. The number of halogens is 1. The Morgan fingerprint density at radius 3 is 2.49 bits per heavy atom. The summed E-state index contributed by atoms with van der Waals surface area (Å²) in [5.74, 6) is 0.200. The maximum Gasteiger partial charge on any atom is 0.305 e. The maximum absolute atomic E-state index is 13.7. The Morgan fingerprint density at radius 2 is 1.74 bits per heavy atom. The molecule has 0 spiro atoms. The first kappa shape index (κ1) is 27.3. The molecule has 2 fully saturated rings. The molecule has 1 saturated carbocycles. The Morgan fingerprint density at radius 1 is 1.00 bits per heavy atom. The number of hydrogen-bond donors (Lipinski definition) is 0. The summed E-state index contributed by atoms with van der Waals surface area (Å²) >= 11 is 0. The van der Waals surface area contributed by atoms with Crippen LogP contribution in [0.2, 0.25) is 0 Å². The zero-order valence-electron chi connectivity index (χ0n) is 22.6. The molecule has 5 heteroatoms. The second-order valence-electron chi connectivity index (χ2n) is 10.7. The third-order valence-corrected chi connectivity index (χ3v) is 8.42. The van der Waals surface area contributed by atoms with E-state index in [0.717, 1.165) is 36.8 Å². The number of allylic oxidation sites excluding steroid dienone is 2. The van der Waals surface area contributed by atoms with Gasteiger partial charge in [0.05, 0.1) is 33.0 Å². The Hall–Kier alpha value is -3.28. The number of benzene rings is 3. The van der Waals surface area contributed by atoms with Crippen LogP contribution in [0.5, 0.6) is 0 Å². The molecule has 4 atom stereocenters. The molecule has 4 nitrogen and oxygen atoms in total. The fraction of sp³-hybridized carbons (Fsp3) is 0.382. The third-order valence-electron chi connectivity index (χ3n) is 8.42. The Bertz CT molecular complexity index is 1240. The molecule has 39 heavy (non-hydrogen) atoms. The number of ether oxygens (including phenoxy) is 3. The first-order chi connectivity index (χ1) is 19.1. The molecule has 1 aliphatic heterocycles. The fourth-order valence-corrected chi connectivity index (χ4v) is 6.32. The minimum absolute atomic E-state index is 0.133. The van der Waals surface area contributed by atoms with Gasteiger partial charge in [-0.15, -0.1) is 0 Å². The Kier molecular flexibility index (Phi) is 8.90. The summed E-state index contributed by atoms with van der Waals surface area (Å²) in [6.07, 6.45) is 8.41. The van der Waals surface area contributed by atoms with Gasteiger partial charge in [-0.2, -0.15) is 0 Å². The molecule has 1 aliphatic carbocycles. The quantitative estimate of drug-likeness (QED) is 0.141. The van der Waals surface area contributed by atoms with Crippen LogP contribution in [0.3, 0.4) is 0 Å². The van der Waals surface area contributed by atoms with Gasteiger partial charge in [0.15, 0.2) is 0 Å². The van der Waals surface area contributed by atoms with E-state index in [1.165, 1.54) is 18.2 Å². The van der Waals surface area contributed by atoms with Crippen molar-refractivity contribution in [3.8, 4) is 11.1 Å². The van der Waals surface area contributed by atoms with Crippen molar-refractivity contribution in [1.29, 1.82) is 0 Å². The van der Waals surface area contributed by atoms with Crippen molar-refractivity contribution in [2.24, 2.45) is 11.8 Å². The van der Waals surface area contributed by atoms with E-state index in [0.29, 0.717) is 32.2 Å². The highest BCUT2D eigenvalue weighted by Crippen LogP contribution is 2.56. The van der Waals surface area contributed by atoms with Crippen LogP contribution in [0.4, 0.5) is 4.39 Å². The molecular formula is C34H37FO4. The van der Waals surface area contributed by atoms with Gasteiger partial charge in [-0.3, -0.25) is 4.79 Å². The fourth-order valence-electron chi connectivity index (χ4n) is 6.32. The number of fused-ring (bicyclic) bond motifs is 2. The van der Waals surface area contributed by atoms with Crippen molar-refractivity contribution in [3.05, 3.63) is 108 Å². The van der Waals surface area contributed by atoms with E-state index >= 15 is 0 Å². The largest absolute Gasteiger partial charge is 0.469 e. The van der Waals surface area contributed by atoms with E-state index in [-0.39, 0.29) is 29.2 Å². The average Bonchev–Trinajstić information content (AvgIpc) is 3.54. The van der Waals surface area contributed by atoms with Crippen LogP contribution in [0.25, 0.3) is 11.1 Å². The molecule has 3 aromatic carbocycles. The highest BCUT2D eigenvalue weighted by atomic mass is 19.1. The maximum atomic E-state index is 13.7. The van der Waals surface area contributed by atoms with Crippen molar-refractivity contribution in [3.63, 3.8) is 0 Å². The van der Waals surface area contributed by atoms with Crippen molar-refractivity contribution in [1.82, 2.24) is 0 Å². The SMILES string of the molecule is COC(=O)CCCC=CC[C@H]1[C@H](COCc2ccc(-c3ccccc3)cc2)[C@@H]2C[C@@]1(c1ccc(F)cc1)CO2. The molecular weight excluding hydrogens is 491 g/mol. The highest BCUT2D eigenvalue weighted by molar-refractivity contribution is 5.69. The normalized spacial score (nSPS) is 23.9. The van der Waals surface area contributed by atoms with Gasteiger partial charge in [0.1, 0.15) is 5.82 Å². The van der Waals surface area contributed by atoms with Crippen molar-refractivity contribution in [2.75, 3.05) is 20.3 Å². The highest BCUT2D eigenvalue weighted by Gasteiger charge is 2.59. The van der Waals surface area contributed by atoms with Crippen LogP contribution in [0.1, 0.15) is 43.2 Å². The number of esters is 1. The lowest BCUT2D eigenvalue weighted by atomic mass is 9.69. The van der Waals surface area contributed by atoms with E-state index in [2.05, 4.69) is 60.7 Å².